The molecule has 1 atom stereocenters. The normalized spacial score (nSPS) is 12.4. The number of aliphatic hydroxyl groups excluding tert-OH is 2. The van der Waals surface area contributed by atoms with Gasteiger partial charge in [0.1, 0.15) is 18.5 Å². The van der Waals surface area contributed by atoms with Crippen LogP contribution in [0.1, 0.15) is 16.7 Å². The lowest BCUT2D eigenvalue weighted by molar-refractivity contribution is 0.0622. The number of aryl methyl sites for hydroxylation is 2. The van der Waals surface area contributed by atoms with Gasteiger partial charge >= 0.3 is 0 Å². The standard InChI is InChI=1S/C21H29NO3/c1-17-12-18(2)14-21(13-17)25-16-20(24)15-22(10-11-23)9-8-19-6-4-3-5-7-19/h3-7,12-14,20,23-24H,8-11,15-16H2,1-2H3. The highest BCUT2D eigenvalue weighted by atomic mass is 16.5. The van der Waals surface area contributed by atoms with Gasteiger partial charge in [0.05, 0.1) is 6.61 Å². The second-order valence-corrected chi connectivity index (χ2v) is 6.55. The molecule has 4 heteroatoms. The topological polar surface area (TPSA) is 52.9 Å². The Balaban J connectivity index is 1.81. The van der Waals surface area contributed by atoms with Crippen LogP contribution in [0.5, 0.6) is 5.75 Å². The maximum Gasteiger partial charge on any atom is 0.119 e. The summed E-state index contributed by atoms with van der Waals surface area (Å²) in [5.41, 5.74) is 3.55. The molecule has 1 unspecified atom stereocenters. The Labute approximate surface area is 150 Å². The largest absolute Gasteiger partial charge is 0.491 e. The van der Waals surface area contributed by atoms with Crippen molar-refractivity contribution in [2.45, 2.75) is 26.4 Å². The molecule has 0 aliphatic carbocycles. The highest BCUT2D eigenvalue weighted by Crippen LogP contribution is 2.16. The van der Waals surface area contributed by atoms with E-state index in [2.05, 4.69) is 23.1 Å². The van der Waals surface area contributed by atoms with Gasteiger partial charge in [-0.15, -0.1) is 0 Å². The molecule has 0 radical (unpaired) electrons. The Morgan fingerprint density at radius 3 is 2.32 bits per heavy atom. The van der Waals surface area contributed by atoms with E-state index in [1.165, 1.54) is 5.56 Å². The quantitative estimate of drug-likeness (QED) is 0.696. The summed E-state index contributed by atoms with van der Waals surface area (Å²) in [7, 11) is 0. The van der Waals surface area contributed by atoms with E-state index in [0.29, 0.717) is 13.1 Å². The SMILES string of the molecule is Cc1cc(C)cc(OCC(O)CN(CCO)CCc2ccccc2)c1. The molecule has 2 aromatic carbocycles. The molecule has 0 saturated heterocycles. The average molecular weight is 343 g/mol. The van der Waals surface area contributed by atoms with Gasteiger partial charge in [-0.25, -0.2) is 0 Å². The van der Waals surface area contributed by atoms with Gasteiger partial charge in [0, 0.05) is 19.6 Å². The molecule has 0 bridgehead atoms. The smallest absolute Gasteiger partial charge is 0.119 e. The lowest BCUT2D eigenvalue weighted by atomic mass is 10.1. The number of benzene rings is 2. The zero-order valence-corrected chi connectivity index (χ0v) is 15.2. The van der Waals surface area contributed by atoms with Crippen LogP contribution in [0, 0.1) is 13.8 Å². The van der Waals surface area contributed by atoms with E-state index in [4.69, 9.17) is 4.74 Å². The van der Waals surface area contributed by atoms with Crippen LogP contribution in [-0.4, -0.2) is 54.1 Å². The molecule has 0 aliphatic rings. The summed E-state index contributed by atoms with van der Waals surface area (Å²) in [5.74, 6) is 0.787. The van der Waals surface area contributed by atoms with E-state index < -0.39 is 6.10 Å². The number of ether oxygens (including phenoxy) is 1. The zero-order chi connectivity index (χ0) is 18.1. The molecule has 4 nitrogen and oxygen atoms in total. The highest BCUT2D eigenvalue weighted by molar-refractivity contribution is 5.33. The Kier molecular flexibility index (Phi) is 7.92. The predicted octanol–water partition coefficient (Wildman–Crippen LogP) is 2.58. The molecule has 0 heterocycles. The summed E-state index contributed by atoms with van der Waals surface area (Å²) in [6.07, 6.45) is 0.300. The number of aliphatic hydroxyl groups is 2. The molecule has 25 heavy (non-hydrogen) atoms. The molecule has 0 saturated carbocycles. The van der Waals surface area contributed by atoms with Gasteiger partial charge in [-0.3, -0.25) is 4.90 Å². The summed E-state index contributed by atoms with van der Waals surface area (Å²) >= 11 is 0. The maximum absolute atomic E-state index is 10.3. The van der Waals surface area contributed by atoms with Crippen molar-refractivity contribution in [3.8, 4) is 5.75 Å². The fourth-order valence-corrected chi connectivity index (χ4v) is 2.93. The van der Waals surface area contributed by atoms with Crippen molar-refractivity contribution >= 4 is 0 Å². The van der Waals surface area contributed by atoms with Gasteiger partial charge in [0.2, 0.25) is 0 Å². The van der Waals surface area contributed by atoms with Crippen LogP contribution in [0.15, 0.2) is 48.5 Å². The second kappa shape index (κ2) is 10.2. The zero-order valence-electron chi connectivity index (χ0n) is 15.2. The Morgan fingerprint density at radius 2 is 1.68 bits per heavy atom. The van der Waals surface area contributed by atoms with Crippen LogP contribution >= 0.6 is 0 Å². The molecule has 136 valence electrons. The minimum absolute atomic E-state index is 0.0828. The number of hydrogen-bond acceptors (Lipinski definition) is 4. The minimum atomic E-state index is -0.594. The van der Waals surface area contributed by atoms with Crippen LogP contribution in [0.2, 0.25) is 0 Å². The van der Waals surface area contributed by atoms with Crippen molar-refractivity contribution in [2.75, 3.05) is 32.8 Å². The van der Waals surface area contributed by atoms with Gasteiger partial charge in [-0.05, 0) is 49.1 Å². The first kappa shape index (κ1) is 19.4. The minimum Gasteiger partial charge on any atom is -0.491 e. The first-order chi connectivity index (χ1) is 12.1. The van der Waals surface area contributed by atoms with Crippen molar-refractivity contribution in [3.63, 3.8) is 0 Å². The summed E-state index contributed by atoms with van der Waals surface area (Å²) < 4.78 is 5.73. The van der Waals surface area contributed by atoms with Gasteiger partial charge in [0.25, 0.3) is 0 Å². The monoisotopic (exact) mass is 343 g/mol. The van der Waals surface area contributed by atoms with E-state index >= 15 is 0 Å². The summed E-state index contributed by atoms with van der Waals surface area (Å²) in [5, 5.41) is 19.6. The summed E-state index contributed by atoms with van der Waals surface area (Å²) in [6, 6.07) is 16.3. The van der Waals surface area contributed by atoms with E-state index in [1.807, 2.05) is 44.2 Å². The molecule has 2 N–H and O–H groups in total. The molecular weight excluding hydrogens is 314 g/mol. The van der Waals surface area contributed by atoms with E-state index in [9.17, 15) is 10.2 Å². The fourth-order valence-electron chi connectivity index (χ4n) is 2.93. The number of nitrogens with zero attached hydrogens (tertiary/aromatic N) is 1. The van der Waals surface area contributed by atoms with Crippen molar-refractivity contribution in [1.29, 1.82) is 0 Å². The third-order valence-corrected chi connectivity index (χ3v) is 4.08. The molecule has 2 rings (SSSR count). The summed E-state index contributed by atoms with van der Waals surface area (Å²) in [6.45, 7) is 6.22. The third kappa shape index (κ3) is 7.26. The molecular formula is C21H29NO3. The number of rotatable bonds is 10. The van der Waals surface area contributed by atoms with E-state index in [-0.39, 0.29) is 13.2 Å². The van der Waals surface area contributed by atoms with Crippen LogP contribution < -0.4 is 4.74 Å². The molecule has 0 aliphatic heterocycles. The number of hydrogen-bond donors (Lipinski definition) is 2. The van der Waals surface area contributed by atoms with Gasteiger partial charge < -0.3 is 14.9 Å². The molecule has 0 amide bonds. The third-order valence-electron chi connectivity index (χ3n) is 4.08. The van der Waals surface area contributed by atoms with Crippen LogP contribution in [0.4, 0.5) is 0 Å². The first-order valence-electron chi connectivity index (χ1n) is 8.83. The van der Waals surface area contributed by atoms with Crippen molar-refractivity contribution < 1.29 is 14.9 Å². The Bertz CT molecular complexity index is 610. The maximum atomic E-state index is 10.3. The Hall–Kier alpha value is -1.88. The molecule has 0 spiro atoms. The van der Waals surface area contributed by atoms with Crippen molar-refractivity contribution in [1.82, 2.24) is 4.90 Å². The van der Waals surface area contributed by atoms with Crippen molar-refractivity contribution in [2.24, 2.45) is 0 Å². The van der Waals surface area contributed by atoms with Gasteiger partial charge in [-0.1, -0.05) is 36.4 Å². The molecule has 0 aromatic heterocycles. The average Bonchev–Trinajstić information content (AvgIpc) is 2.58. The predicted molar refractivity (Wildman–Crippen MR) is 101 cm³/mol. The lowest BCUT2D eigenvalue weighted by Gasteiger charge is -2.24. The van der Waals surface area contributed by atoms with Crippen LogP contribution in [0.3, 0.4) is 0 Å². The van der Waals surface area contributed by atoms with Crippen molar-refractivity contribution in [3.05, 3.63) is 65.2 Å². The second-order valence-electron chi connectivity index (χ2n) is 6.55. The van der Waals surface area contributed by atoms with Crippen LogP contribution in [-0.2, 0) is 6.42 Å². The van der Waals surface area contributed by atoms with E-state index in [0.717, 1.165) is 29.8 Å². The highest BCUT2D eigenvalue weighted by Gasteiger charge is 2.12. The molecule has 0 fully saturated rings. The lowest BCUT2D eigenvalue weighted by Crippen LogP contribution is -2.38. The van der Waals surface area contributed by atoms with Gasteiger partial charge in [-0.2, -0.15) is 0 Å². The molecule has 2 aromatic rings. The fraction of sp³-hybridized carbons (Fsp3) is 0.429. The first-order valence-corrected chi connectivity index (χ1v) is 8.83. The van der Waals surface area contributed by atoms with Crippen LogP contribution in [0.25, 0.3) is 0 Å². The van der Waals surface area contributed by atoms with E-state index in [1.54, 1.807) is 0 Å². The van der Waals surface area contributed by atoms with Gasteiger partial charge in [0.15, 0.2) is 0 Å². The Morgan fingerprint density at radius 1 is 1.00 bits per heavy atom. The summed E-state index contributed by atoms with van der Waals surface area (Å²) in [4.78, 5) is 2.07.